The second-order valence-electron chi connectivity index (χ2n) is 8.26. The van der Waals surface area contributed by atoms with Gasteiger partial charge >= 0.3 is 0 Å². The molecule has 3 heterocycles. The van der Waals surface area contributed by atoms with Gasteiger partial charge in [0.25, 0.3) is 5.91 Å². The van der Waals surface area contributed by atoms with Crippen LogP contribution in [0, 0.1) is 0 Å². The number of rotatable bonds is 8. The van der Waals surface area contributed by atoms with Crippen LogP contribution in [0.25, 0.3) is 17.0 Å². The van der Waals surface area contributed by atoms with Crippen molar-refractivity contribution in [3.8, 4) is 5.75 Å². The van der Waals surface area contributed by atoms with Gasteiger partial charge in [-0.3, -0.25) is 9.59 Å². The van der Waals surface area contributed by atoms with Crippen LogP contribution in [0.5, 0.6) is 5.75 Å². The molecule has 2 N–H and O–H groups in total. The van der Waals surface area contributed by atoms with E-state index in [4.69, 9.17) is 4.74 Å². The number of ether oxygens (including phenoxy) is 1. The number of amides is 1. The van der Waals surface area contributed by atoms with Gasteiger partial charge in [-0.2, -0.15) is 0 Å². The minimum Gasteiger partial charge on any atom is -0.503 e. The molecular weight excluding hydrogens is 460 g/mol. The third kappa shape index (κ3) is 4.38. The van der Waals surface area contributed by atoms with E-state index in [9.17, 15) is 14.7 Å². The molecule has 7 heteroatoms. The largest absolute Gasteiger partial charge is 0.503 e. The number of thiophene rings is 1. The number of aliphatic hydroxyl groups is 1. The topological polar surface area (TPSA) is 82.6 Å². The first-order chi connectivity index (χ1) is 17.1. The number of aromatic amines is 1. The fourth-order valence-corrected chi connectivity index (χ4v) is 5.28. The van der Waals surface area contributed by atoms with E-state index in [2.05, 4.69) is 4.98 Å². The monoisotopic (exact) mass is 484 g/mol. The maximum absolute atomic E-state index is 13.2. The summed E-state index contributed by atoms with van der Waals surface area (Å²) in [7, 11) is 1.63. The predicted molar refractivity (Wildman–Crippen MR) is 137 cm³/mol. The molecule has 5 rings (SSSR count). The van der Waals surface area contributed by atoms with Gasteiger partial charge in [-0.1, -0.05) is 42.5 Å². The van der Waals surface area contributed by atoms with Gasteiger partial charge in [0.15, 0.2) is 11.5 Å². The summed E-state index contributed by atoms with van der Waals surface area (Å²) < 4.78 is 5.36. The lowest BCUT2D eigenvalue weighted by atomic mass is 10.0. The standard InChI is InChI=1S/C28H24N2O4S/c1-34-20-10-11-22-21(16-20)19(17-29-22)13-14-30-26(24-8-5-15-35-24)25(27(32)28(30)33)23(31)12-9-18-6-3-2-4-7-18/h2-12,15-17,26,29,32H,13-14H2,1H3/b12-9+/t26-/m1/s1. The number of nitrogens with one attached hydrogen (secondary N) is 1. The van der Waals surface area contributed by atoms with Crippen LogP contribution >= 0.6 is 11.3 Å². The summed E-state index contributed by atoms with van der Waals surface area (Å²) in [6.07, 6.45) is 5.59. The zero-order valence-corrected chi connectivity index (χ0v) is 19.9. The second kappa shape index (κ2) is 9.64. The first kappa shape index (κ1) is 22.7. The highest BCUT2D eigenvalue weighted by Gasteiger charge is 2.43. The number of H-pyrrole nitrogens is 1. The van der Waals surface area contributed by atoms with Crippen molar-refractivity contribution in [2.45, 2.75) is 12.5 Å². The Kier molecular flexibility index (Phi) is 6.25. The minimum atomic E-state index is -0.629. The molecule has 176 valence electrons. The number of hydrogen-bond acceptors (Lipinski definition) is 5. The summed E-state index contributed by atoms with van der Waals surface area (Å²) in [5, 5.41) is 13.7. The number of nitrogens with zero attached hydrogens (tertiary/aromatic N) is 1. The number of allylic oxidation sites excluding steroid dienone is 1. The molecule has 0 aliphatic carbocycles. The van der Waals surface area contributed by atoms with Crippen molar-refractivity contribution in [1.29, 1.82) is 0 Å². The van der Waals surface area contributed by atoms with E-state index in [1.807, 2.05) is 72.2 Å². The number of hydrogen-bond donors (Lipinski definition) is 2. The number of methoxy groups -OCH3 is 1. The van der Waals surface area contributed by atoms with E-state index >= 15 is 0 Å². The van der Waals surface area contributed by atoms with Crippen LogP contribution in [0.4, 0.5) is 0 Å². The number of benzene rings is 2. The van der Waals surface area contributed by atoms with Gasteiger partial charge in [-0.15, -0.1) is 11.3 Å². The van der Waals surface area contributed by atoms with Gasteiger partial charge in [0.05, 0.1) is 18.7 Å². The lowest BCUT2D eigenvalue weighted by Crippen LogP contribution is -2.32. The summed E-state index contributed by atoms with van der Waals surface area (Å²) >= 11 is 1.46. The van der Waals surface area contributed by atoms with Crippen LogP contribution in [-0.4, -0.2) is 40.3 Å². The quantitative estimate of drug-likeness (QED) is 0.326. The highest BCUT2D eigenvalue weighted by Crippen LogP contribution is 2.40. The van der Waals surface area contributed by atoms with E-state index in [0.29, 0.717) is 13.0 Å². The van der Waals surface area contributed by atoms with Crippen molar-refractivity contribution in [3.63, 3.8) is 0 Å². The predicted octanol–water partition coefficient (Wildman–Crippen LogP) is 5.46. The normalized spacial score (nSPS) is 16.1. The van der Waals surface area contributed by atoms with Gasteiger partial charge in [-0.25, -0.2) is 0 Å². The lowest BCUT2D eigenvalue weighted by Gasteiger charge is -2.25. The van der Waals surface area contributed by atoms with Crippen molar-refractivity contribution in [2.24, 2.45) is 0 Å². The van der Waals surface area contributed by atoms with Crippen molar-refractivity contribution in [3.05, 3.63) is 106 Å². The molecule has 4 aromatic rings. The summed E-state index contributed by atoms with van der Waals surface area (Å²) in [5.41, 5.74) is 2.99. The number of fused-ring (bicyclic) bond motifs is 1. The molecule has 1 aliphatic heterocycles. The molecule has 6 nitrogen and oxygen atoms in total. The number of ketones is 1. The van der Waals surface area contributed by atoms with Crippen LogP contribution in [0.2, 0.25) is 0 Å². The Morgan fingerprint density at radius 1 is 1.17 bits per heavy atom. The molecule has 0 unspecified atom stereocenters. The molecule has 2 aromatic carbocycles. The molecule has 1 aliphatic rings. The molecule has 0 spiro atoms. The Hall–Kier alpha value is -4.10. The minimum absolute atomic E-state index is 0.116. The van der Waals surface area contributed by atoms with E-state index in [0.717, 1.165) is 32.7 Å². The molecule has 35 heavy (non-hydrogen) atoms. The highest BCUT2D eigenvalue weighted by molar-refractivity contribution is 7.10. The van der Waals surface area contributed by atoms with Crippen molar-refractivity contribution in [2.75, 3.05) is 13.7 Å². The lowest BCUT2D eigenvalue weighted by molar-refractivity contribution is -0.129. The summed E-state index contributed by atoms with van der Waals surface area (Å²) in [4.78, 5) is 32.0. The van der Waals surface area contributed by atoms with Gasteiger partial charge in [0.1, 0.15) is 5.75 Å². The van der Waals surface area contributed by atoms with E-state index < -0.39 is 17.7 Å². The van der Waals surface area contributed by atoms with Crippen molar-refractivity contribution in [1.82, 2.24) is 9.88 Å². The molecule has 1 amide bonds. The summed E-state index contributed by atoms with van der Waals surface area (Å²) in [5.74, 6) is -0.633. The summed E-state index contributed by atoms with van der Waals surface area (Å²) in [6, 6.07) is 18.4. The highest BCUT2D eigenvalue weighted by atomic mass is 32.1. The number of aliphatic hydroxyl groups excluding tert-OH is 1. The van der Waals surface area contributed by atoms with Gasteiger partial charge in [0.2, 0.25) is 0 Å². The van der Waals surface area contributed by atoms with Crippen LogP contribution < -0.4 is 4.74 Å². The molecule has 0 fully saturated rings. The SMILES string of the molecule is COc1ccc2[nH]cc(CCN3C(=O)C(O)=C(C(=O)/C=C/c4ccccc4)[C@H]3c3cccs3)c2c1. The second-order valence-corrected chi connectivity index (χ2v) is 9.24. The average Bonchev–Trinajstić information content (AvgIpc) is 3.61. The van der Waals surface area contributed by atoms with Crippen LogP contribution in [0.3, 0.4) is 0 Å². The van der Waals surface area contributed by atoms with Gasteiger partial charge < -0.3 is 19.7 Å². The number of aromatic nitrogens is 1. The first-order valence-electron chi connectivity index (χ1n) is 11.3. The fourth-order valence-electron chi connectivity index (χ4n) is 4.44. The molecule has 0 bridgehead atoms. The summed E-state index contributed by atoms with van der Waals surface area (Å²) in [6.45, 7) is 0.342. The fraction of sp³-hybridized carbons (Fsp3) is 0.143. The molecule has 0 radical (unpaired) electrons. The maximum Gasteiger partial charge on any atom is 0.290 e. The van der Waals surface area contributed by atoms with Crippen LogP contribution in [-0.2, 0) is 16.0 Å². The Morgan fingerprint density at radius 2 is 2.00 bits per heavy atom. The Labute approximate surface area is 206 Å². The Morgan fingerprint density at radius 3 is 2.74 bits per heavy atom. The van der Waals surface area contributed by atoms with Crippen molar-refractivity contribution >= 4 is 40.0 Å². The first-order valence-corrected chi connectivity index (χ1v) is 12.1. The smallest absolute Gasteiger partial charge is 0.290 e. The van der Waals surface area contributed by atoms with Crippen molar-refractivity contribution < 1.29 is 19.4 Å². The van der Waals surface area contributed by atoms with Crippen LogP contribution in [0.15, 0.2) is 89.6 Å². The zero-order valence-electron chi connectivity index (χ0n) is 19.1. The zero-order chi connectivity index (χ0) is 24.4. The molecular formula is C28H24N2O4S. The van der Waals surface area contributed by atoms with E-state index in [1.165, 1.54) is 17.4 Å². The van der Waals surface area contributed by atoms with Gasteiger partial charge in [-0.05, 0) is 53.3 Å². The molecule has 0 saturated carbocycles. The molecule has 1 atom stereocenters. The van der Waals surface area contributed by atoms with Crippen LogP contribution in [0.1, 0.15) is 22.0 Å². The molecule has 0 saturated heterocycles. The van der Waals surface area contributed by atoms with E-state index in [-0.39, 0.29) is 11.4 Å². The van der Waals surface area contributed by atoms with Gasteiger partial charge in [0, 0.05) is 28.5 Å². The number of carbonyl (C=O) groups excluding carboxylic acids is 2. The van der Waals surface area contributed by atoms with E-state index in [1.54, 1.807) is 18.1 Å². The third-order valence-corrected chi connectivity index (χ3v) is 7.13. The third-order valence-electron chi connectivity index (χ3n) is 6.21. The maximum atomic E-state index is 13.2. The Balaban J connectivity index is 1.43. The average molecular weight is 485 g/mol. The molecule has 2 aromatic heterocycles. The Bertz CT molecular complexity index is 1430. The number of carbonyl (C=O) groups is 2.